The standard InChI is InChI=1S/C7H6N4O2/c8-4-2-1-3-5(9-4)7(13)11-10-6(3)12/h1-2H,(H2,8,9)(H,10,12)(H,11,13). The molecule has 0 aromatic carbocycles. The van der Waals surface area contributed by atoms with Gasteiger partial charge in [0.15, 0.2) is 0 Å². The predicted molar refractivity (Wildman–Crippen MR) is 47.4 cm³/mol. The lowest BCUT2D eigenvalue weighted by molar-refractivity contribution is 0.970. The van der Waals surface area contributed by atoms with Crippen LogP contribution in [0.25, 0.3) is 10.9 Å². The molecule has 6 heteroatoms. The zero-order valence-electron chi connectivity index (χ0n) is 6.50. The molecule has 2 aromatic rings. The van der Waals surface area contributed by atoms with Crippen LogP contribution >= 0.6 is 0 Å². The van der Waals surface area contributed by atoms with Gasteiger partial charge >= 0.3 is 0 Å². The highest BCUT2D eigenvalue weighted by Crippen LogP contribution is 2.03. The van der Waals surface area contributed by atoms with Gasteiger partial charge in [-0.15, -0.1) is 0 Å². The molecule has 0 aliphatic rings. The fraction of sp³-hybridized carbons (Fsp3) is 0. The van der Waals surface area contributed by atoms with Crippen molar-refractivity contribution >= 4 is 16.7 Å². The summed E-state index contributed by atoms with van der Waals surface area (Å²) in [5.74, 6) is 0.212. The fourth-order valence-corrected chi connectivity index (χ4v) is 1.07. The first-order valence-electron chi connectivity index (χ1n) is 3.55. The Balaban J connectivity index is 3.10. The molecule has 66 valence electrons. The molecule has 0 atom stereocenters. The zero-order valence-corrected chi connectivity index (χ0v) is 6.50. The second-order valence-corrected chi connectivity index (χ2v) is 2.54. The summed E-state index contributed by atoms with van der Waals surface area (Å²) in [5.41, 5.74) is 4.58. The molecule has 6 nitrogen and oxygen atoms in total. The first kappa shape index (κ1) is 7.53. The van der Waals surface area contributed by atoms with Crippen molar-refractivity contribution in [3.05, 3.63) is 32.8 Å². The third-order valence-corrected chi connectivity index (χ3v) is 1.67. The number of aromatic nitrogens is 3. The molecule has 0 radical (unpaired) electrons. The van der Waals surface area contributed by atoms with Gasteiger partial charge in [-0.05, 0) is 12.1 Å². The van der Waals surface area contributed by atoms with E-state index in [1.807, 2.05) is 0 Å². The van der Waals surface area contributed by atoms with E-state index in [0.29, 0.717) is 0 Å². The van der Waals surface area contributed by atoms with Crippen LogP contribution in [0.5, 0.6) is 0 Å². The average molecular weight is 178 g/mol. The lowest BCUT2D eigenvalue weighted by atomic mass is 10.3. The lowest BCUT2D eigenvalue weighted by Gasteiger charge is -1.95. The van der Waals surface area contributed by atoms with Crippen molar-refractivity contribution in [2.75, 3.05) is 5.73 Å². The Hall–Kier alpha value is -2.11. The van der Waals surface area contributed by atoms with E-state index in [4.69, 9.17) is 5.73 Å². The number of anilines is 1. The molecule has 13 heavy (non-hydrogen) atoms. The van der Waals surface area contributed by atoms with E-state index >= 15 is 0 Å². The smallest absolute Gasteiger partial charge is 0.289 e. The van der Waals surface area contributed by atoms with E-state index < -0.39 is 5.56 Å². The molecule has 0 aliphatic heterocycles. The second kappa shape index (κ2) is 2.44. The van der Waals surface area contributed by atoms with Crippen molar-refractivity contribution in [1.82, 2.24) is 15.2 Å². The van der Waals surface area contributed by atoms with Crippen molar-refractivity contribution in [3.8, 4) is 0 Å². The SMILES string of the molecule is Nc1ccc2c(=O)[nH][nH]c(=O)c2n1. The first-order valence-corrected chi connectivity index (χ1v) is 3.55. The van der Waals surface area contributed by atoms with Crippen molar-refractivity contribution < 1.29 is 0 Å². The summed E-state index contributed by atoms with van der Waals surface area (Å²) in [4.78, 5) is 26.0. The molecule has 0 aliphatic carbocycles. The predicted octanol–water partition coefficient (Wildman–Crippen LogP) is -0.806. The van der Waals surface area contributed by atoms with Crippen LogP contribution in [0.1, 0.15) is 0 Å². The van der Waals surface area contributed by atoms with Crippen LogP contribution in [-0.2, 0) is 0 Å². The highest BCUT2D eigenvalue weighted by Gasteiger charge is 2.03. The monoisotopic (exact) mass is 178 g/mol. The molecule has 0 spiro atoms. The number of nitrogens with zero attached hydrogens (tertiary/aromatic N) is 1. The maximum atomic E-state index is 11.1. The van der Waals surface area contributed by atoms with Crippen LogP contribution in [0.15, 0.2) is 21.7 Å². The van der Waals surface area contributed by atoms with Crippen LogP contribution in [0.3, 0.4) is 0 Å². The Labute approximate surface area is 71.4 Å². The average Bonchev–Trinajstić information content (AvgIpc) is 2.12. The summed E-state index contributed by atoms with van der Waals surface area (Å²) in [6.45, 7) is 0. The van der Waals surface area contributed by atoms with Gasteiger partial charge in [-0.1, -0.05) is 0 Å². The minimum atomic E-state index is -0.457. The van der Waals surface area contributed by atoms with Gasteiger partial charge in [-0.2, -0.15) is 0 Å². The number of hydrogen-bond donors (Lipinski definition) is 3. The van der Waals surface area contributed by atoms with E-state index in [-0.39, 0.29) is 22.3 Å². The molecule has 0 bridgehead atoms. The van der Waals surface area contributed by atoms with Crippen LogP contribution < -0.4 is 16.9 Å². The Morgan fingerprint density at radius 1 is 1.15 bits per heavy atom. The summed E-state index contributed by atoms with van der Waals surface area (Å²) in [6.07, 6.45) is 0. The van der Waals surface area contributed by atoms with Gasteiger partial charge in [0.1, 0.15) is 11.3 Å². The Bertz CT molecular complexity index is 568. The van der Waals surface area contributed by atoms with Crippen LogP contribution in [0.4, 0.5) is 5.82 Å². The minimum absolute atomic E-state index is 0.0590. The Morgan fingerprint density at radius 2 is 1.85 bits per heavy atom. The molecule has 2 aromatic heterocycles. The van der Waals surface area contributed by atoms with Crippen LogP contribution in [0, 0.1) is 0 Å². The molecule has 0 saturated carbocycles. The Morgan fingerprint density at radius 3 is 2.62 bits per heavy atom. The summed E-state index contributed by atoms with van der Waals surface area (Å²) < 4.78 is 0. The van der Waals surface area contributed by atoms with Crippen LogP contribution in [0.2, 0.25) is 0 Å². The summed E-state index contributed by atoms with van der Waals surface area (Å²) in [5, 5.41) is 4.58. The number of nitrogen functional groups attached to an aromatic ring is 1. The molecule has 0 amide bonds. The van der Waals surface area contributed by atoms with E-state index in [0.717, 1.165) is 0 Å². The normalized spacial score (nSPS) is 10.5. The number of fused-ring (bicyclic) bond motifs is 1. The zero-order chi connectivity index (χ0) is 9.42. The second-order valence-electron chi connectivity index (χ2n) is 2.54. The highest BCUT2D eigenvalue weighted by atomic mass is 16.1. The maximum Gasteiger partial charge on any atom is 0.289 e. The third kappa shape index (κ3) is 1.08. The molecular weight excluding hydrogens is 172 g/mol. The quantitative estimate of drug-likeness (QED) is 0.490. The van der Waals surface area contributed by atoms with Gasteiger partial charge in [0.05, 0.1) is 5.39 Å². The summed E-state index contributed by atoms with van der Waals surface area (Å²) >= 11 is 0. The van der Waals surface area contributed by atoms with Crippen molar-refractivity contribution in [1.29, 1.82) is 0 Å². The van der Waals surface area contributed by atoms with Gasteiger partial charge in [0.25, 0.3) is 11.1 Å². The highest BCUT2D eigenvalue weighted by molar-refractivity contribution is 5.77. The molecule has 2 heterocycles. The fourth-order valence-electron chi connectivity index (χ4n) is 1.07. The largest absolute Gasteiger partial charge is 0.384 e. The number of rotatable bonds is 0. The van der Waals surface area contributed by atoms with E-state index in [1.54, 1.807) is 0 Å². The molecular formula is C7H6N4O2. The first-order chi connectivity index (χ1) is 6.18. The number of H-pyrrole nitrogens is 2. The van der Waals surface area contributed by atoms with Gasteiger partial charge in [-0.3, -0.25) is 19.8 Å². The number of nitrogens with two attached hydrogens (primary N) is 1. The molecule has 0 fully saturated rings. The minimum Gasteiger partial charge on any atom is -0.384 e. The molecule has 4 N–H and O–H groups in total. The van der Waals surface area contributed by atoms with E-state index in [1.165, 1.54) is 12.1 Å². The van der Waals surface area contributed by atoms with E-state index in [9.17, 15) is 9.59 Å². The number of pyridine rings is 1. The van der Waals surface area contributed by atoms with E-state index in [2.05, 4.69) is 15.2 Å². The van der Waals surface area contributed by atoms with Crippen LogP contribution in [-0.4, -0.2) is 15.2 Å². The van der Waals surface area contributed by atoms with Gasteiger partial charge in [-0.25, -0.2) is 4.98 Å². The van der Waals surface area contributed by atoms with Gasteiger partial charge < -0.3 is 5.73 Å². The van der Waals surface area contributed by atoms with Crippen molar-refractivity contribution in [2.24, 2.45) is 0 Å². The maximum absolute atomic E-state index is 11.1. The number of hydrogen-bond acceptors (Lipinski definition) is 4. The number of aromatic amines is 2. The van der Waals surface area contributed by atoms with Crippen molar-refractivity contribution in [2.45, 2.75) is 0 Å². The molecule has 0 saturated heterocycles. The molecule has 2 rings (SSSR count). The summed E-state index contributed by atoms with van der Waals surface area (Å²) in [6, 6.07) is 2.93. The Kier molecular flexibility index (Phi) is 1.42. The lowest BCUT2D eigenvalue weighted by Crippen LogP contribution is -2.20. The van der Waals surface area contributed by atoms with Gasteiger partial charge in [0.2, 0.25) is 0 Å². The summed E-state index contributed by atoms with van der Waals surface area (Å²) in [7, 11) is 0. The third-order valence-electron chi connectivity index (χ3n) is 1.67. The number of nitrogens with one attached hydrogen (secondary N) is 2. The topological polar surface area (TPSA) is 105 Å². The van der Waals surface area contributed by atoms with Gasteiger partial charge in [0, 0.05) is 0 Å². The van der Waals surface area contributed by atoms with Crippen molar-refractivity contribution in [3.63, 3.8) is 0 Å². The molecule has 0 unspecified atom stereocenters.